The molecule has 2 rings (SSSR count). The van der Waals surface area contributed by atoms with Crippen LogP contribution < -0.4 is 10.2 Å². The van der Waals surface area contributed by atoms with Crippen LogP contribution in [0.15, 0.2) is 46.9 Å². The topological polar surface area (TPSA) is 67.8 Å². The molecule has 5 nitrogen and oxygen atoms in total. The second-order valence-corrected chi connectivity index (χ2v) is 7.13. The van der Waals surface area contributed by atoms with E-state index in [1.807, 2.05) is 38.1 Å². The van der Waals surface area contributed by atoms with Crippen molar-refractivity contribution in [3.8, 4) is 5.75 Å². The number of rotatable bonds is 6. The molecule has 24 heavy (non-hydrogen) atoms. The second kappa shape index (κ2) is 8.06. The van der Waals surface area contributed by atoms with Crippen LogP contribution >= 0.6 is 0 Å². The van der Waals surface area contributed by atoms with E-state index < -0.39 is 10.8 Å². The predicted molar refractivity (Wildman–Crippen MR) is 97.5 cm³/mol. The molecule has 0 saturated heterocycles. The zero-order valence-electron chi connectivity index (χ0n) is 14.2. The van der Waals surface area contributed by atoms with E-state index in [-0.39, 0.29) is 11.8 Å². The third-order valence-electron chi connectivity index (χ3n) is 3.80. The van der Waals surface area contributed by atoms with Crippen LogP contribution in [-0.4, -0.2) is 28.7 Å². The van der Waals surface area contributed by atoms with Gasteiger partial charge in [0, 0.05) is 18.1 Å². The number of carbonyl (C=O) groups is 1. The zero-order valence-corrected chi connectivity index (χ0v) is 15.0. The number of benzene rings is 1. The summed E-state index contributed by atoms with van der Waals surface area (Å²) in [5.74, 6) is 0.978. The molecule has 0 bridgehead atoms. The fourth-order valence-corrected chi connectivity index (χ4v) is 3.47. The van der Waals surface area contributed by atoms with E-state index in [2.05, 4.69) is 17.1 Å². The number of methoxy groups -OCH3 is 1. The summed E-state index contributed by atoms with van der Waals surface area (Å²) in [4.78, 5) is 12.0. The Labute approximate surface area is 144 Å². The minimum atomic E-state index is -1.20. The molecular formula is C18H22N2O3S. The Hall–Kier alpha value is -2.21. The number of hydrazone groups is 1. The second-order valence-electron chi connectivity index (χ2n) is 5.67. The van der Waals surface area contributed by atoms with Crippen molar-refractivity contribution >= 4 is 28.0 Å². The van der Waals surface area contributed by atoms with Gasteiger partial charge in [0.1, 0.15) is 5.75 Å². The van der Waals surface area contributed by atoms with Gasteiger partial charge in [-0.3, -0.25) is 9.00 Å². The highest BCUT2D eigenvalue weighted by Crippen LogP contribution is 2.27. The Bertz CT molecular complexity index is 738. The number of amides is 1. The highest BCUT2D eigenvalue weighted by atomic mass is 32.2. The van der Waals surface area contributed by atoms with Crippen molar-refractivity contribution in [2.45, 2.75) is 25.2 Å². The van der Waals surface area contributed by atoms with Crippen LogP contribution in [0.4, 0.5) is 0 Å². The number of hydrogen-bond acceptors (Lipinski definition) is 4. The Morgan fingerprint density at radius 1 is 1.54 bits per heavy atom. The molecule has 1 aromatic rings. The fraction of sp³-hybridized carbons (Fsp3) is 0.333. The van der Waals surface area contributed by atoms with Crippen LogP contribution in [0.3, 0.4) is 0 Å². The molecule has 0 fully saturated rings. The van der Waals surface area contributed by atoms with Crippen LogP contribution in [-0.2, 0) is 15.6 Å². The molecule has 1 heterocycles. The van der Waals surface area contributed by atoms with E-state index in [1.54, 1.807) is 13.2 Å². The van der Waals surface area contributed by atoms with E-state index in [1.165, 1.54) is 0 Å². The normalized spacial score (nSPS) is 19.3. The molecule has 0 aromatic heterocycles. The first-order chi connectivity index (χ1) is 11.5. The van der Waals surface area contributed by atoms with E-state index in [0.717, 1.165) is 16.8 Å². The number of ether oxygens (including phenoxy) is 1. The lowest BCUT2D eigenvalue weighted by Gasteiger charge is -2.17. The fourth-order valence-electron chi connectivity index (χ4n) is 2.44. The highest BCUT2D eigenvalue weighted by Gasteiger charge is 2.19. The molecule has 2 unspecified atom stereocenters. The predicted octanol–water partition coefficient (Wildman–Crippen LogP) is 2.90. The summed E-state index contributed by atoms with van der Waals surface area (Å²) in [6.45, 7) is 7.57. The van der Waals surface area contributed by atoms with Crippen molar-refractivity contribution in [2.75, 3.05) is 12.9 Å². The maximum atomic E-state index is 12.3. The maximum Gasteiger partial charge on any atom is 0.240 e. The van der Waals surface area contributed by atoms with Crippen LogP contribution in [0, 0.1) is 5.92 Å². The minimum absolute atomic E-state index is 0.0659. The van der Waals surface area contributed by atoms with Crippen molar-refractivity contribution < 1.29 is 13.7 Å². The Morgan fingerprint density at radius 2 is 2.29 bits per heavy atom. The number of allylic oxidation sites excluding steroid dienone is 2. The van der Waals surface area contributed by atoms with E-state index in [9.17, 15) is 9.00 Å². The van der Waals surface area contributed by atoms with E-state index in [0.29, 0.717) is 22.8 Å². The summed E-state index contributed by atoms with van der Waals surface area (Å²) in [5, 5.41) is 4.12. The van der Waals surface area contributed by atoms with Gasteiger partial charge in [0.05, 0.1) is 28.5 Å². The molecule has 1 aromatic carbocycles. The first-order valence-electron chi connectivity index (χ1n) is 7.68. The molecule has 128 valence electrons. The number of carbonyl (C=O) groups excluding carboxylic acids is 1. The first-order valence-corrected chi connectivity index (χ1v) is 9.00. The lowest BCUT2D eigenvalue weighted by Crippen LogP contribution is -2.30. The summed E-state index contributed by atoms with van der Waals surface area (Å²) in [5.41, 5.74) is 5.26. The van der Waals surface area contributed by atoms with Gasteiger partial charge in [-0.25, -0.2) is 5.43 Å². The number of nitrogens with one attached hydrogen (secondary N) is 1. The summed E-state index contributed by atoms with van der Waals surface area (Å²) < 4.78 is 17.7. The van der Waals surface area contributed by atoms with E-state index >= 15 is 0 Å². The third-order valence-corrected chi connectivity index (χ3v) is 5.15. The molecular weight excluding hydrogens is 324 g/mol. The van der Waals surface area contributed by atoms with Crippen LogP contribution in [0.1, 0.15) is 25.8 Å². The third kappa shape index (κ3) is 4.20. The lowest BCUT2D eigenvalue weighted by atomic mass is 9.96. The van der Waals surface area contributed by atoms with Crippen molar-refractivity contribution in [1.29, 1.82) is 0 Å². The standard InChI is InChI=1S/C18H22N2O3S/c1-5-8-24(22)17-11-14(6-7-16(17)23-4)12(2)9-15-13(3)10-18(21)20-19-15/h5-7,9,11,13H,1,8,10H2,2-4H3,(H,20,21). The van der Waals surface area contributed by atoms with Crippen LogP contribution in [0.25, 0.3) is 5.57 Å². The Kier molecular flexibility index (Phi) is 6.09. The molecule has 0 aliphatic carbocycles. The van der Waals surface area contributed by atoms with Crippen molar-refractivity contribution in [1.82, 2.24) is 5.43 Å². The monoisotopic (exact) mass is 346 g/mol. The lowest BCUT2D eigenvalue weighted by molar-refractivity contribution is -0.121. The van der Waals surface area contributed by atoms with Gasteiger partial charge in [-0.05, 0) is 36.3 Å². The maximum absolute atomic E-state index is 12.3. The van der Waals surface area contributed by atoms with E-state index in [4.69, 9.17) is 4.74 Å². The van der Waals surface area contributed by atoms with Crippen molar-refractivity contribution in [2.24, 2.45) is 11.0 Å². The highest BCUT2D eigenvalue weighted by molar-refractivity contribution is 7.85. The number of nitrogens with zero attached hydrogens (tertiary/aromatic N) is 1. The van der Waals surface area contributed by atoms with Gasteiger partial charge < -0.3 is 4.74 Å². The molecule has 6 heteroatoms. The molecule has 1 aliphatic heterocycles. The number of hydrogen-bond donors (Lipinski definition) is 1. The van der Waals surface area contributed by atoms with Gasteiger partial charge in [-0.2, -0.15) is 5.10 Å². The summed E-state index contributed by atoms with van der Waals surface area (Å²) in [6.07, 6.45) is 4.01. The van der Waals surface area contributed by atoms with Crippen molar-refractivity contribution in [3.63, 3.8) is 0 Å². The van der Waals surface area contributed by atoms with Gasteiger partial charge in [-0.1, -0.05) is 19.1 Å². The molecule has 1 N–H and O–H groups in total. The molecule has 0 spiro atoms. The van der Waals surface area contributed by atoms with Crippen LogP contribution in [0.2, 0.25) is 0 Å². The van der Waals surface area contributed by atoms with Gasteiger partial charge in [-0.15, -0.1) is 6.58 Å². The Morgan fingerprint density at radius 3 is 2.92 bits per heavy atom. The molecule has 2 atom stereocenters. The molecule has 1 amide bonds. The van der Waals surface area contributed by atoms with Gasteiger partial charge in [0.15, 0.2) is 0 Å². The SMILES string of the molecule is C=CCS(=O)c1cc(C(C)=CC2=NNC(=O)CC2C)ccc1OC. The molecule has 0 saturated carbocycles. The molecule has 0 radical (unpaired) electrons. The first kappa shape index (κ1) is 18.1. The Balaban J connectivity index is 2.36. The van der Waals surface area contributed by atoms with Crippen molar-refractivity contribution in [3.05, 3.63) is 42.5 Å². The summed E-state index contributed by atoms with van der Waals surface area (Å²) in [7, 11) is 0.365. The molecule has 1 aliphatic rings. The quantitative estimate of drug-likeness (QED) is 0.805. The largest absolute Gasteiger partial charge is 0.495 e. The van der Waals surface area contributed by atoms with Crippen LogP contribution in [0.5, 0.6) is 5.75 Å². The van der Waals surface area contributed by atoms with Gasteiger partial charge in [0.2, 0.25) is 5.91 Å². The van der Waals surface area contributed by atoms with Gasteiger partial charge >= 0.3 is 0 Å². The average Bonchev–Trinajstić information content (AvgIpc) is 2.57. The average molecular weight is 346 g/mol. The van der Waals surface area contributed by atoms with Gasteiger partial charge in [0.25, 0.3) is 0 Å². The zero-order chi connectivity index (χ0) is 17.7. The summed E-state index contributed by atoms with van der Waals surface area (Å²) in [6, 6.07) is 5.61. The summed E-state index contributed by atoms with van der Waals surface area (Å²) >= 11 is 0. The smallest absolute Gasteiger partial charge is 0.240 e. The minimum Gasteiger partial charge on any atom is -0.495 e.